The number of nitrogens with one attached hydrogen (secondary N) is 1. The van der Waals surface area contributed by atoms with E-state index in [1.165, 1.54) is 18.2 Å². The molecule has 1 N–H and O–H groups in total. The van der Waals surface area contributed by atoms with Crippen molar-refractivity contribution in [1.82, 2.24) is 10.2 Å². The Bertz CT molecular complexity index is 1270. The summed E-state index contributed by atoms with van der Waals surface area (Å²) in [5.41, 5.74) is 0.433. The van der Waals surface area contributed by atoms with Crippen molar-refractivity contribution >= 4 is 22.3 Å². The van der Waals surface area contributed by atoms with Crippen LogP contribution in [0, 0.1) is 18.3 Å². The number of halogens is 3. The van der Waals surface area contributed by atoms with E-state index in [2.05, 4.69) is 20.4 Å². The lowest BCUT2D eigenvalue weighted by atomic mass is 9.96. The molecule has 0 amide bonds. The monoisotopic (exact) mass is 453 g/mol. The summed E-state index contributed by atoms with van der Waals surface area (Å²) >= 11 is 0. The third-order valence-corrected chi connectivity index (χ3v) is 6.50. The maximum absolute atomic E-state index is 13.8. The fraction of sp³-hybridized carbons (Fsp3) is 0.375. The SMILES string of the molecule is Cc1nnc(NC(C)c2cccc(C#N)c2C(F)(F)F)c2cc(N3C[C@H]4C[C@@H]3CO4)ccc12. The van der Waals surface area contributed by atoms with Gasteiger partial charge in [0.1, 0.15) is 0 Å². The molecule has 0 aliphatic carbocycles. The molecule has 6 nitrogen and oxygen atoms in total. The Balaban J connectivity index is 1.54. The minimum atomic E-state index is -4.65. The molecule has 2 fully saturated rings. The molecule has 2 aliphatic rings. The van der Waals surface area contributed by atoms with E-state index in [1.54, 1.807) is 13.0 Å². The molecule has 9 heteroatoms. The lowest BCUT2D eigenvalue weighted by Crippen LogP contribution is -2.36. The Kier molecular flexibility index (Phi) is 5.13. The van der Waals surface area contributed by atoms with Crippen molar-refractivity contribution in [2.75, 3.05) is 23.4 Å². The Morgan fingerprint density at radius 3 is 2.70 bits per heavy atom. The highest BCUT2D eigenvalue weighted by Crippen LogP contribution is 2.39. The van der Waals surface area contributed by atoms with Gasteiger partial charge in [-0.25, -0.2) is 0 Å². The van der Waals surface area contributed by atoms with Crippen molar-refractivity contribution in [1.29, 1.82) is 5.26 Å². The summed E-state index contributed by atoms with van der Waals surface area (Å²) < 4.78 is 47.0. The lowest BCUT2D eigenvalue weighted by molar-refractivity contribution is -0.138. The Morgan fingerprint density at radius 1 is 1.21 bits per heavy atom. The van der Waals surface area contributed by atoms with Crippen LogP contribution in [0.25, 0.3) is 10.8 Å². The number of ether oxygens (including phenoxy) is 1. The van der Waals surface area contributed by atoms with Crippen LogP contribution < -0.4 is 10.2 Å². The maximum Gasteiger partial charge on any atom is 0.418 e. The molecule has 2 aliphatic heterocycles. The average Bonchev–Trinajstić information content (AvgIpc) is 3.43. The second-order valence-corrected chi connectivity index (χ2v) is 8.61. The first-order valence-electron chi connectivity index (χ1n) is 10.8. The molecule has 0 saturated carbocycles. The summed E-state index contributed by atoms with van der Waals surface area (Å²) in [7, 11) is 0. The largest absolute Gasteiger partial charge is 0.418 e. The van der Waals surface area contributed by atoms with Crippen molar-refractivity contribution in [3.05, 3.63) is 58.8 Å². The number of morpholine rings is 1. The summed E-state index contributed by atoms with van der Waals surface area (Å²) in [6.07, 6.45) is -3.40. The minimum absolute atomic E-state index is 0.0118. The zero-order chi connectivity index (χ0) is 23.3. The van der Waals surface area contributed by atoms with Gasteiger partial charge in [0.2, 0.25) is 0 Å². The van der Waals surface area contributed by atoms with Gasteiger partial charge >= 0.3 is 6.18 Å². The van der Waals surface area contributed by atoms with Gasteiger partial charge in [0.05, 0.1) is 47.7 Å². The van der Waals surface area contributed by atoms with Gasteiger partial charge in [-0.15, -0.1) is 5.10 Å². The summed E-state index contributed by atoms with van der Waals surface area (Å²) in [6, 6.07) is 11.3. The smallest absolute Gasteiger partial charge is 0.374 e. The van der Waals surface area contributed by atoms with Crippen LogP contribution in [-0.4, -0.2) is 35.5 Å². The van der Waals surface area contributed by atoms with E-state index in [0.717, 1.165) is 35.1 Å². The first-order valence-corrected chi connectivity index (χ1v) is 10.8. The van der Waals surface area contributed by atoms with Crippen molar-refractivity contribution in [2.45, 2.75) is 44.6 Å². The topological polar surface area (TPSA) is 74.1 Å². The van der Waals surface area contributed by atoms with E-state index >= 15 is 0 Å². The predicted molar refractivity (Wildman–Crippen MR) is 118 cm³/mol. The van der Waals surface area contributed by atoms with E-state index in [4.69, 9.17) is 4.74 Å². The highest BCUT2D eigenvalue weighted by Gasteiger charge is 2.39. The molecule has 2 bridgehead atoms. The molecule has 0 radical (unpaired) electrons. The second-order valence-electron chi connectivity index (χ2n) is 8.61. The maximum atomic E-state index is 13.8. The van der Waals surface area contributed by atoms with Crippen LogP contribution in [0.3, 0.4) is 0 Å². The Hall–Kier alpha value is -3.38. The van der Waals surface area contributed by atoms with Crippen LogP contribution in [-0.2, 0) is 10.9 Å². The zero-order valence-electron chi connectivity index (χ0n) is 18.1. The number of rotatable bonds is 4. The number of hydrogen-bond donors (Lipinski definition) is 1. The average molecular weight is 453 g/mol. The van der Waals surface area contributed by atoms with E-state index in [9.17, 15) is 18.4 Å². The molecule has 2 saturated heterocycles. The molecule has 1 aromatic heterocycles. The number of nitrogens with zero attached hydrogens (tertiary/aromatic N) is 4. The van der Waals surface area contributed by atoms with Crippen LogP contribution in [0.15, 0.2) is 36.4 Å². The van der Waals surface area contributed by atoms with Crippen molar-refractivity contribution in [3.8, 4) is 6.07 Å². The number of alkyl halides is 3. The lowest BCUT2D eigenvalue weighted by Gasteiger charge is -2.29. The summed E-state index contributed by atoms with van der Waals surface area (Å²) in [6.45, 7) is 5.00. The highest BCUT2D eigenvalue weighted by atomic mass is 19.4. The molecule has 170 valence electrons. The van der Waals surface area contributed by atoms with Gasteiger partial charge in [0.25, 0.3) is 0 Å². The van der Waals surface area contributed by atoms with Gasteiger partial charge in [-0.3, -0.25) is 0 Å². The predicted octanol–water partition coefficient (Wildman–Crippen LogP) is 4.98. The molecule has 3 atom stereocenters. The van der Waals surface area contributed by atoms with Crippen LogP contribution in [0.1, 0.15) is 41.8 Å². The Labute approximate surface area is 189 Å². The minimum Gasteiger partial charge on any atom is -0.374 e. The number of nitriles is 1. The van der Waals surface area contributed by atoms with Crippen molar-refractivity contribution < 1.29 is 17.9 Å². The molecule has 3 heterocycles. The number of anilines is 2. The third-order valence-electron chi connectivity index (χ3n) is 6.50. The zero-order valence-corrected chi connectivity index (χ0v) is 18.1. The number of benzene rings is 2. The third kappa shape index (κ3) is 3.74. The molecule has 2 aromatic carbocycles. The first kappa shape index (κ1) is 21.5. The van der Waals surface area contributed by atoms with E-state index in [0.29, 0.717) is 18.5 Å². The van der Waals surface area contributed by atoms with Gasteiger partial charge in [-0.1, -0.05) is 18.2 Å². The summed E-state index contributed by atoms with van der Waals surface area (Å²) in [5, 5.41) is 22.5. The van der Waals surface area contributed by atoms with Crippen molar-refractivity contribution in [3.63, 3.8) is 0 Å². The summed E-state index contributed by atoms with van der Waals surface area (Å²) in [5.74, 6) is 0.404. The molecule has 33 heavy (non-hydrogen) atoms. The number of hydrogen-bond acceptors (Lipinski definition) is 6. The fourth-order valence-electron chi connectivity index (χ4n) is 4.90. The second kappa shape index (κ2) is 7.89. The molecular weight excluding hydrogens is 431 g/mol. The first-order chi connectivity index (χ1) is 15.8. The van der Waals surface area contributed by atoms with E-state index < -0.39 is 23.3 Å². The molecule has 0 spiro atoms. The number of aromatic nitrogens is 2. The molecule has 1 unspecified atom stereocenters. The van der Waals surface area contributed by atoms with Crippen molar-refractivity contribution in [2.24, 2.45) is 0 Å². The van der Waals surface area contributed by atoms with Gasteiger partial charge in [-0.05, 0) is 44.0 Å². The van der Waals surface area contributed by atoms with E-state index in [1.807, 2.05) is 25.1 Å². The molecular formula is C24H22F3N5O. The van der Waals surface area contributed by atoms with E-state index in [-0.39, 0.29) is 11.7 Å². The summed E-state index contributed by atoms with van der Waals surface area (Å²) in [4.78, 5) is 2.31. The van der Waals surface area contributed by atoms with Gasteiger partial charge in [-0.2, -0.15) is 23.5 Å². The fourth-order valence-corrected chi connectivity index (χ4v) is 4.90. The number of aryl methyl sites for hydroxylation is 1. The molecule has 5 rings (SSSR count). The standard InChI is InChI=1S/C24H22F3N5O/c1-13(20-5-3-4-15(10-28)22(20)24(25,26)27)29-23-21-9-16(6-7-19(21)14(2)30-31-23)32-11-18-8-17(32)12-33-18/h3-7,9,13,17-18H,8,11-12H2,1-2H3,(H,29,31)/t13?,17-,18-/m1/s1. The van der Waals surface area contributed by atoms with Gasteiger partial charge < -0.3 is 15.0 Å². The number of fused-ring (bicyclic) bond motifs is 3. The van der Waals surface area contributed by atoms with Crippen LogP contribution in [0.5, 0.6) is 0 Å². The normalized spacial score (nSPS) is 20.8. The quantitative estimate of drug-likeness (QED) is 0.601. The van der Waals surface area contributed by atoms with Crippen LogP contribution >= 0.6 is 0 Å². The van der Waals surface area contributed by atoms with Gasteiger partial charge in [0, 0.05) is 23.0 Å². The molecule has 3 aromatic rings. The van der Waals surface area contributed by atoms with Crippen LogP contribution in [0.2, 0.25) is 0 Å². The van der Waals surface area contributed by atoms with Crippen LogP contribution in [0.4, 0.5) is 24.7 Å². The van der Waals surface area contributed by atoms with Gasteiger partial charge in [0.15, 0.2) is 5.82 Å². The highest BCUT2D eigenvalue weighted by molar-refractivity contribution is 5.95. The Morgan fingerprint density at radius 2 is 2.03 bits per heavy atom.